The molecule has 0 aliphatic carbocycles. The summed E-state index contributed by atoms with van der Waals surface area (Å²) in [5, 5.41) is 0. The van der Waals surface area contributed by atoms with Crippen LogP contribution in [-0.4, -0.2) is 56.1 Å². The first-order chi connectivity index (χ1) is 13.8. The number of hydrogen-bond donors (Lipinski definition) is 0. The Labute approximate surface area is 169 Å². The van der Waals surface area contributed by atoms with Crippen LogP contribution in [0.15, 0.2) is 53.4 Å². The summed E-state index contributed by atoms with van der Waals surface area (Å²) in [6.07, 6.45) is 0.829. The second-order valence-electron chi connectivity index (χ2n) is 7.24. The molecule has 0 spiro atoms. The third kappa shape index (κ3) is 5.19. The van der Waals surface area contributed by atoms with Gasteiger partial charge in [-0.2, -0.15) is 8.78 Å². The highest BCUT2D eigenvalue weighted by Gasteiger charge is 2.26. The van der Waals surface area contributed by atoms with Crippen molar-refractivity contribution in [2.24, 2.45) is 0 Å². The van der Waals surface area contributed by atoms with Crippen molar-refractivity contribution in [3.8, 4) is 0 Å². The van der Waals surface area contributed by atoms with Gasteiger partial charge in [-0.1, -0.05) is 29.8 Å². The summed E-state index contributed by atoms with van der Waals surface area (Å²) >= 11 is 0. The molecular formula is C21H24F2N2O3S. The number of benzene rings is 2. The Morgan fingerprint density at radius 2 is 1.76 bits per heavy atom. The molecule has 1 fully saturated rings. The second-order valence-corrected chi connectivity index (χ2v) is 9.16. The number of halogens is 2. The number of rotatable bonds is 5. The molecule has 1 saturated heterocycles. The lowest BCUT2D eigenvalue weighted by molar-refractivity contribution is 0.0761. The summed E-state index contributed by atoms with van der Waals surface area (Å²) < 4.78 is 48.3. The van der Waals surface area contributed by atoms with Crippen LogP contribution in [0, 0.1) is 6.92 Å². The van der Waals surface area contributed by atoms with Gasteiger partial charge in [0.05, 0.1) is 4.90 Å². The molecule has 156 valence electrons. The molecule has 1 aliphatic heterocycles. The van der Waals surface area contributed by atoms with Gasteiger partial charge in [0.2, 0.25) is 9.84 Å². The van der Waals surface area contributed by atoms with Crippen LogP contribution in [0.25, 0.3) is 0 Å². The lowest BCUT2D eigenvalue weighted by Crippen LogP contribution is -2.35. The van der Waals surface area contributed by atoms with Crippen LogP contribution < -0.4 is 0 Å². The summed E-state index contributed by atoms with van der Waals surface area (Å²) in [5.74, 6) is -3.40. The highest BCUT2D eigenvalue weighted by Crippen LogP contribution is 2.20. The first-order valence-electron chi connectivity index (χ1n) is 9.46. The Hall–Kier alpha value is -2.32. The standard InChI is InChI=1S/C21H24F2N2O3S/c1-16-4-2-5-18(14-16)20(26)25-11-3-10-24(12-13-25)15-17-6-8-19(9-7-17)29(27,28)21(22)23/h2,4-9,14,21H,3,10-13,15H2,1H3. The van der Waals surface area contributed by atoms with E-state index >= 15 is 0 Å². The molecule has 0 saturated carbocycles. The molecule has 0 aromatic heterocycles. The third-order valence-electron chi connectivity index (χ3n) is 5.03. The van der Waals surface area contributed by atoms with Gasteiger partial charge in [0, 0.05) is 38.3 Å². The quantitative estimate of drug-likeness (QED) is 0.742. The van der Waals surface area contributed by atoms with Crippen molar-refractivity contribution < 1.29 is 22.0 Å². The van der Waals surface area contributed by atoms with Gasteiger partial charge < -0.3 is 4.90 Å². The fourth-order valence-electron chi connectivity index (χ4n) is 3.44. The Kier molecular flexibility index (Phi) is 6.64. The number of sulfone groups is 1. The second kappa shape index (κ2) is 9.00. The summed E-state index contributed by atoms with van der Waals surface area (Å²) in [4.78, 5) is 16.4. The molecular weight excluding hydrogens is 398 g/mol. The lowest BCUT2D eigenvalue weighted by Gasteiger charge is -2.22. The number of alkyl halides is 2. The Balaban J connectivity index is 1.61. The van der Waals surface area contributed by atoms with E-state index in [0.717, 1.165) is 24.1 Å². The monoisotopic (exact) mass is 422 g/mol. The van der Waals surface area contributed by atoms with E-state index in [1.54, 1.807) is 12.1 Å². The predicted octanol–water partition coefficient (Wildman–Crippen LogP) is 3.34. The van der Waals surface area contributed by atoms with E-state index in [2.05, 4.69) is 4.90 Å². The predicted molar refractivity (Wildman–Crippen MR) is 107 cm³/mol. The Bertz CT molecular complexity index is 962. The highest BCUT2D eigenvalue weighted by atomic mass is 32.2. The van der Waals surface area contributed by atoms with Crippen molar-refractivity contribution in [2.45, 2.75) is 30.5 Å². The molecule has 3 rings (SSSR count). The van der Waals surface area contributed by atoms with Gasteiger partial charge in [-0.25, -0.2) is 8.42 Å². The van der Waals surface area contributed by atoms with E-state index in [1.165, 1.54) is 12.1 Å². The molecule has 29 heavy (non-hydrogen) atoms. The van der Waals surface area contributed by atoms with Crippen LogP contribution in [0.1, 0.15) is 27.9 Å². The van der Waals surface area contributed by atoms with Crippen molar-refractivity contribution in [1.29, 1.82) is 0 Å². The molecule has 5 nitrogen and oxygen atoms in total. The minimum Gasteiger partial charge on any atom is -0.337 e. The molecule has 1 aliphatic rings. The fraction of sp³-hybridized carbons (Fsp3) is 0.381. The van der Waals surface area contributed by atoms with Crippen LogP contribution in [-0.2, 0) is 16.4 Å². The van der Waals surface area contributed by atoms with Crippen LogP contribution in [0.2, 0.25) is 0 Å². The highest BCUT2D eigenvalue weighted by molar-refractivity contribution is 7.91. The molecule has 2 aromatic rings. The zero-order valence-corrected chi connectivity index (χ0v) is 17.0. The van der Waals surface area contributed by atoms with Gasteiger partial charge in [-0.05, 0) is 43.2 Å². The molecule has 0 unspecified atom stereocenters. The van der Waals surface area contributed by atoms with Gasteiger partial charge in [-0.15, -0.1) is 0 Å². The van der Waals surface area contributed by atoms with E-state index in [4.69, 9.17) is 0 Å². The summed E-state index contributed by atoms with van der Waals surface area (Å²) in [6, 6.07) is 13.1. The summed E-state index contributed by atoms with van der Waals surface area (Å²) in [6.45, 7) is 5.29. The van der Waals surface area contributed by atoms with Gasteiger partial charge in [0.15, 0.2) is 0 Å². The van der Waals surface area contributed by atoms with Crippen LogP contribution in [0.5, 0.6) is 0 Å². The van der Waals surface area contributed by atoms with Crippen molar-refractivity contribution in [3.05, 3.63) is 65.2 Å². The first kappa shape index (κ1) is 21.4. The molecule has 0 N–H and O–H groups in total. The minimum absolute atomic E-state index is 0.0251. The van der Waals surface area contributed by atoms with Crippen LogP contribution in [0.4, 0.5) is 8.78 Å². The Morgan fingerprint density at radius 3 is 2.41 bits per heavy atom. The number of nitrogens with zero attached hydrogens (tertiary/aromatic N) is 2. The molecule has 1 amide bonds. The van der Waals surface area contributed by atoms with E-state index in [1.807, 2.05) is 36.1 Å². The lowest BCUT2D eigenvalue weighted by atomic mass is 10.1. The summed E-state index contributed by atoms with van der Waals surface area (Å²) in [5.41, 5.74) is 2.58. The molecule has 0 atom stereocenters. The van der Waals surface area contributed by atoms with Crippen molar-refractivity contribution in [1.82, 2.24) is 9.80 Å². The number of aryl methyl sites for hydroxylation is 1. The van der Waals surface area contributed by atoms with E-state index < -0.39 is 15.6 Å². The number of carbonyl (C=O) groups is 1. The van der Waals surface area contributed by atoms with Crippen LogP contribution in [0.3, 0.4) is 0 Å². The number of amides is 1. The smallest absolute Gasteiger partial charge is 0.337 e. The van der Waals surface area contributed by atoms with E-state index in [9.17, 15) is 22.0 Å². The summed E-state index contributed by atoms with van der Waals surface area (Å²) in [7, 11) is -4.57. The molecule has 0 radical (unpaired) electrons. The van der Waals surface area contributed by atoms with E-state index in [0.29, 0.717) is 31.7 Å². The number of carbonyl (C=O) groups excluding carboxylic acids is 1. The van der Waals surface area contributed by atoms with Gasteiger partial charge in [-0.3, -0.25) is 9.69 Å². The normalized spacial score (nSPS) is 16.1. The van der Waals surface area contributed by atoms with Crippen molar-refractivity contribution >= 4 is 15.7 Å². The van der Waals surface area contributed by atoms with Gasteiger partial charge in [0.1, 0.15) is 0 Å². The third-order valence-corrected chi connectivity index (χ3v) is 6.43. The average Bonchev–Trinajstić information content (AvgIpc) is 2.93. The zero-order valence-electron chi connectivity index (χ0n) is 16.2. The SMILES string of the molecule is Cc1cccc(C(=O)N2CCCN(Cc3ccc(S(=O)(=O)C(F)F)cc3)CC2)c1. The van der Waals surface area contributed by atoms with Crippen molar-refractivity contribution in [2.75, 3.05) is 26.2 Å². The van der Waals surface area contributed by atoms with Crippen molar-refractivity contribution in [3.63, 3.8) is 0 Å². The Morgan fingerprint density at radius 1 is 1.03 bits per heavy atom. The fourth-order valence-corrected chi connectivity index (χ4v) is 4.16. The maximum Gasteiger partial charge on any atom is 0.341 e. The first-order valence-corrected chi connectivity index (χ1v) is 11.0. The number of hydrogen-bond acceptors (Lipinski definition) is 4. The zero-order chi connectivity index (χ0) is 21.0. The topological polar surface area (TPSA) is 57.7 Å². The maximum absolute atomic E-state index is 12.7. The molecule has 1 heterocycles. The van der Waals surface area contributed by atoms with Crippen LogP contribution >= 0.6 is 0 Å². The van der Waals surface area contributed by atoms with Gasteiger partial charge in [0.25, 0.3) is 5.91 Å². The molecule has 8 heteroatoms. The van der Waals surface area contributed by atoms with E-state index in [-0.39, 0.29) is 10.8 Å². The average molecular weight is 422 g/mol. The minimum atomic E-state index is -4.57. The van der Waals surface area contributed by atoms with Gasteiger partial charge >= 0.3 is 5.76 Å². The molecule has 2 aromatic carbocycles. The maximum atomic E-state index is 12.7. The molecule has 0 bridgehead atoms. The largest absolute Gasteiger partial charge is 0.341 e.